The third kappa shape index (κ3) is 3.57. The van der Waals surface area contributed by atoms with Crippen LogP contribution in [0.1, 0.15) is 13.3 Å². The van der Waals surface area contributed by atoms with E-state index < -0.39 is 18.2 Å². The van der Waals surface area contributed by atoms with E-state index in [1.165, 1.54) is 9.80 Å². The van der Waals surface area contributed by atoms with E-state index in [0.29, 0.717) is 6.54 Å². The van der Waals surface area contributed by atoms with Crippen LogP contribution in [-0.2, 0) is 4.79 Å². The highest BCUT2D eigenvalue weighted by Gasteiger charge is 2.34. The highest BCUT2D eigenvalue weighted by molar-refractivity contribution is 5.76. The Morgan fingerprint density at radius 2 is 1.82 bits per heavy atom. The standard InChI is InChI=1S/C10H18N2O5/c1-2-11(4-3-9(15)16)10(17)12-5-7(13)8(14)6-12/h7-8,13-14H,2-6H2,1H3,(H,15,16). The van der Waals surface area contributed by atoms with Crippen molar-refractivity contribution in [2.45, 2.75) is 25.6 Å². The quantitative estimate of drug-likeness (QED) is 0.587. The van der Waals surface area contributed by atoms with Crippen LogP contribution in [0.2, 0.25) is 0 Å². The van der Waals surface area contributed by atoms with Crippen LogP contribution in [0.15, 0.2) is 0 Å². The average Bonchev–Trinajstić information content (AvgIpc) is 2.59. The minimum absolute atomic E-state index is 0.0869. The molecule has 0 saturated carbocycles. The average molecular weight is 246 g/mol. The van der Waals surface area contributed by atoms with Gasteiger partial charge in [0.2, 0.25) is 0 Å². The Labute approximate surface area is 99.2 Å². The van der Waals surface area contributed by atoms with E-state index in [0.717, 1.165) is 0 Å². The van der Waals surface area contributed by atoms with Crippen molar-refractivity contribution in [3.63, 3.8) is 0 Å². The molecule has 0 aromatic heterocycles. The third-order valence-electron chi connectivity index (χ3n) is 2.78. The van der Waals surface area contributed by atoms with E-state index in [4.69, 9.17) is 5.11 Å². The molecule has 2 unspecified atom stereocenters. The lowest BCUT2D eigenvalue weighted by molar-refractivity contribution is -0.137. The number of likely N-dealkylation sites (tertiary alicyclic amines) is 1. The Morgan fingerprint density at radius 3 is 2.24 bits per heavy atom. The molecule has 0 bridgehead atoms. The van der Waals surface area contributed by atoms with Crippen molar-refractivity contribution in [2.24, 2.45) is 0 Å². The summed E-state index contributed by atoms with van der Waals surface area (Å²) in [6, 6.07) is -0.343. The molecule has 2 amide bonds. The Kier molecular flexibility index (Phi) is 4.71. The summed E-state index contributed by atoms with van der Waals surface area (Å²) < 4.78 is 0. The van der Waals surface area contributed by atoms with Crippen LogP contribution < -0.4 is 0 Å². The number of hydrogen-bond acceptors (Lipinski definition) is 4. The lowest BCUT2D eigenvalue weighted by atomic mass is 10.3. The largest absolute Gasteiger partial charge is 0.481 e. The molecular weight excluding hydrogens is 228 g/mol. The zero-order valence-corrected chi connectivity index (χ0v) is 9.74. The number of aliphatic hydroxyl groups excluding tert-OH is 2. The van der Waals surface area contributed by atoms with Gasteiger partial charge in [-0.2, -0.15) is 0 Å². The number of carboxylic acid groups (broad SMARTS) is 1. The second kappa shape index (κ2) is 5.83. The second-order valence-corrected chi connectivity index (χ2v) is 4.05. The zero-order chi connectivity index (χ0) is 13.0. The van der Waals surface area contributed by atoms with E-state index >= 15 is 0 Å². The van der Waals surface area contributed by atoms with E-state index in [1.807, 2.05) is 0 Å². The van der Waals surface area contributed by atoms with Gasteiger partial charge in [0.1, 0.15) is 0 Å². The Balaban J connectivity index is 2.52. The van der Waals surface area contributed by atoms with Crippen LogP contribution in [0.25, 0.3) is 0 Å². The molecule has 0 radical (unpaired) electrons. The molecule has 1 aliphatic heterocycles. The number of carbonyl (C=O) groups is 2. The van der Waals surface area contributed by atoms with Crippen molar-refractivity contribution in [3.8, 4) is 0 Å². The van der Waals surface area contributed by atoms with Gasteiger partial charge < -0.3 is 25.1 Å². The van der Waals surface area contributed by atoms with Crippen molar-refractivity contribution >= 4 is 12.0 Å². The number of nitrogens with zero attached hydrogens (tertiary/aromatic N) is 2. The van der Waals surface area contributed by atoms with Crippen LogP contribution in [-0.4, -0.2) is 75.5 Å². The third-order valence-corrected chi connectivity index (χ3v) is 2.78. The van der Waals surface area contributed by atoms with Crippen LogP contribution in [0.3, 0.4) is 0 Å². The van der Waals surface area contributed by atoms with E-state index in [1.54, 1.807) is 6.92 Å². The molecule has 0 spiro atoms. The molecule has 1 heterocycles. The fraction of sp³-hybridized carbons (Fsp3) is 0.800. The number of rotatable bonds is 4. The highest BCUT2D eigenvalue weighted by Crippen LogP contribution is 2.12. The normalized spacial score (nSPS) is 23.8. The van der Waals surface area contributed by atoms with Crippen LogP contribution in [0.4, 0.5) is 4.79 Å². The van der Waals surface area contributed by atoms with Gasteiger partial charge in [0.15, 0.2) is 0 Å². The number of hydrogen-bond donors (Lipinski definition) is 3. The Morgan fingerprint density at radius 1 is 1.29 bits per heavy atom. The number of aliphatic hydroxyl groups is 2. The van der Waals surface area contributed by atoms with Crippen molar-refractivity contribution < 1.29 is 24.9 Å². The maximum Gasteiger partial charge on any atom is 0.320 e. The van der Waals surface area contributed by atoms with Crippen molar-refractivity contribution in [2.75, 3.05) is 26.2 Å². The maximum atomic E-state index is 11.9. The summed E-state index contributed by atoms with van der Waals surface area (Å²) in [5.74, 6) is -0.960. The van der Waals surface area contributed by atoms with Gasteiger partial charge >= 0.3 is 12.0 Å². The molecule has 98 valence electrons. The molecule has 7 heteroatoms. The van der Waals surface area contributed by atoms with Crippen LogP contribution in [0, 0.1) is 0 Å². The topological polar surface area (TPSA) is 101 Å². The molecule has 1 saturated heterocycles. The van der Waals surface area contributed by atoms with Gasteiger partial charge in [0, 0.05) is 13.1 Å². The van der Waals surface area contributed by atoms with Crippen molar-refractivity contribution in [3.05, 3.63) is 0 Å². The smallest absolute Gasteiger partial charge is 0.320 e. The van der Waals surface area contributed by atoms with Gasteiger partial charge in [-0.25, -0.2) is 4.79 Å². The molecule has 2 atom stereocenters. The summed E-state index contributed by atoms with van der Waals surface area (Å²) in [6.07, 6.45) is -1.95. The minimum atomic E-state index is -0.960. The highest BCUT2D eigenvalue weighted by atomic mass is 16.4. The number of β-amino-alcohol motifs (C(OH)–C–C–N with tert-alkyl or cyclic N) is 2. The number of carbonyl (C=O) groups excluding carboxylic acids is 1. The van der Waals surface area contributed by atoms with Gasteiger partial charge in [-0.05, 0) is 6.92 Å². The Hall–Kier alpha value is -1.34. The predicted molar refractivity (Wildman–Crippen MR) is 58.5 cm³/mol. The zero-order valence-electron chi connectivity index (χ0n) is 9.74. The fourth-order valence-corrected chi connectivity index (χ4v) is 1.75. The van der Waals surface area contributed by atoms with E-state index in [2.05, 4.69) is 0 Å². The number of aliphatic carboxylic acids is 1. The van der Waals surface area contributed by atoms with Gasteiger partial charge in [0.25, 0.3) is 0 Å². The Bertz CT molecular complexity index is 286. The monoisotopic (exact) mass is 246 g/mol. The lowest BCUT2D eigenvalue weighted by Crippen LogP contribution is -2.43. The first kappa shape index (κ1) is 13.7. The summed E-state index contributed by atoms with van der Waals surface area (Å²) >= 11 is 0. The summed E-state index contributed by atoms with van der Waals surface area (Å²) in [5.41, 5.74) is 0. The van der Waals surface area contributed by atoms with E-state index in [9.17, 15) is 19.8 Å². The van der Waals surface area contributed by atoms with Gasteiger partial charge in [-0.3, -0.25) is 4.79 Å². The van der Waals surface area contributed by atoms with Crippen molar-refractivity contribution in [1.82, 2.24) is 9.80 Å². The van der Waals surface area contributed by atoms with Gasteiger partial charge in [0.05, 0.1) is 31.7 Å². The maximum absolute atomic E-state index is 11.9. The fourth-order valence-electron chi connectivity index (χ4n) is 1.75. The molecule has 0 aromatic carbocycles. The first-order chi connectivity index (χ1) is 7.95. The van der Waals surface area contributed by atoms with Gasteiger partial charge in [-0.15, -0.1) is 0 Å². The van der Waals surface area contributed by atoms with Crippen molar-refractivity contribution in [1.29, 1.82) is 0 Å². The lowest BCUT2D eigenvalue weighted by Gasteiger charge is -2.26. The second-order valence-electron chi connectivity index (χ2n) is 4.05. The number of amides is 2. The minimum Gasteiger partial charge on any atom is -0.481 e. The summed E-state index contributed by atoms with van der Waals surface area (Å²) in [6.45, 7) is 2.46. The SMILES string of the molecule is CCN(CCC(=O)O)C(=O)N1CC(O)C(O)C1. The number of urea groups is 1. The molecule has 3 N–H and O–H groups in total. The van der Waals surface area contributed by atoms with E-state index in [-0.39, 0.29) is 32.1 Å². The first-order valence-electron chi connectivity index (χ1n) is 5.57. The summed E-state index contributed by atoms with van der Waals surface area (Å²) in [4.78, 5) is 25.1. The first-order valence-corrected chi connectivity index (χ1v) is 5.57. The van der Waals surface area contributed by atoms with Crippen LogP contribution in [0.5, 0.6) is 0 Å². The molecule has 1 rings (SSSR count). The summed E-state index contributed by atoms with van der Waals surface area (Å²) in [7, 11) is 0. The molecular formula is C10H18N2O5. The predicted octanol–water partition coefficient (Wildman–Crippen LogP) is -1.06. The molecule has 0 aromatic rings. The summed E-state index contributed by atoms with van der Waals surface area (Å²) in [5, 5.41) is 27.2. The molecule has 0 aliphatic carbocycles. The van der Waals surface area contributed by atoms with Gasteiger partial charge in [-0.1, -0.05) is 0 Å². The molecule has 1 aliphatic rings. The molecule has 1 fully saturated rings. The molecule has 7 nitrogen and oxygen atoms in total. The van der Waals surface area contributed by atoms with Crippen LogP contribution >= 0.6 is 0 Å². The molecule has 17 heavy (non-hydrogen) atoms. The number of carboxylic acids is 1.